The molecule has 542 valence electrons. The number of hydrogen-bond donors (Lipinski definition) is 3. The normalized spacial score (nSPS) is 14.6. The molecule has 0 aliphatic rings. The standard InChI is InChI=1S/C73H138O17P2/c1-8-10-11-12-13-14-15-16-17-21-24-27-32-40-47-54-70(75)83-60-68(89-72(77)56-49-42-33-28-25-22-19-18-20-23-26-31-39-46-53-66(7)9-2)62-87-91(79,80)85-58-67(74)59-86-92(81,82)88-63-69(90-73(78)57-50-43-36-35-38-45-52-65(5)6)61-84-71(76)55-48-41-34-29-30-37-44-51-64(3)4/h14-17,64-69,74H,8-13,18-63H2,1-7H3,(H,79,80)(H,81,82)/b15-14-,17-16-/t66?,67?,68-,69-/m1/s1. The summed E-state index contributed by atoms with van der Waals surface area (Å²) in [4.78, 5) is 72.6. The summed E-state index contributed by atoms with van der Waals surface area (Å²) in [5.74, 6) is 0.0563. The summed E-state index contributed by atoms with van der Waals surface area (Å²) in [7, 11) is -9.92. The summed E-state index contributed by atoms with van der Waals surface area (Å²) in [6, 6.07) is 0. The Labute approximate surface area is 561 Å². The Balaban J connectivity index is 5.26. The average molecular weight is 1350 g/mol. The van der Waals surface area contributed by atoms with Crippen LogP contribution in [-0.4, -0.2) is 96.7 Å². The van der Waals surface area contributed by atoms with Gasteiger partial charge in [-0.2, -0.15) is 0 Å². The highest BCUT2D eigenvalue weighted by Crippen LogP contribution is 2.45. The van der Waals surface area contributed by atoms with Crippen molar-refractivity contribution in [3.05, 3.63) is 24.3 Å². The van der Waals surface area contributed by atoms with Gasteiger partial charge in [0, 0.05) is 25.7 Å². The molecule has 0 spiro atoms. The largest absolute Gasteiger partial charge is 0.472 e. The second-order valence-corrected chi connectivity index (χ2v) is 29.7. The number of phosphoric acid groups is 2. The second kappa shape index (κ2) is 63.3. The monoisotopic (exact) mass is 1350 g/mol. The zero-order valence-corrected chi connectivity index (χ0v) is 61.3. The molecule has 17 nitrogen and oxygen atoms in total. The summed E-state index contributed by atoms with van der Waals surface area (Å²) in [5.41, 5.74) is 0. The fourth-order valence-electron chi connectivity index (χ4n) is 10.5. The van der Waals surface area contributed by atoms with E-state index in [1.54, 1.807) is 0 Å². The predicted octanol–water partition coefficient (Wildman–Crippen LogP) is 20.6. The van der Waals surface area contributed by atoms with Crippen LogP contribution in [0.3, 0.4) is 0 Å². The molecule has 92 heavy (non-hydrogen) atoms. The molecule has 0 fully saturated rings. The third kappa shape index (κ3) is 64.9. The van der Waals surface area contributed by atoms with Crippen LogP contribution in [0.5, 0.6) is 0 Å². The molecule has 3 N–H and O–H groups in total. The van der Waals surface area contributed by atoms with Crippen LogP contribution in [0, 0.1) is 17.8 Å². The molecular weight excluding hydrogens is 1210 g/mol. The Hall–Kier alpha value is -2.46. The van der Waals surface area contributed by atoms with E-state index in [0.29, 0.717) is 37.5 Å². The Morgan fingerprint density at radius 1 is 0.359 bits per heavy atom. The molecule has 0 saturated carbocycles. The van der Waals surface area contributed by atoms with E-state index < -0.39 is 97.5 Å². The lowest BCUT2D eigenvalue weighted by atomic mass is 9.99. The number of esters is 4. The van der Waals surface area contributed by atoms with Crippen molar-refractivity contribution >= 4 is 39.5 Å². The zero-order chi connectivity index (χ0) is 68.0. The molecule has 4 unspecified atom stereocenters. The number of hydrogen-bond acceptors (Lipinski definition) is 15. The van der Waals surface area contributed by atoms with Gasteiger partial charge in [-0.1, -0.05) is 291 Å². The van der Waals surface area contributed by atoms with Crippen LogP contribution in [0.2, 0.25) is 0 Å². The van der Waals surface area contributed by atoms with Crippen LogP contribution in [0.4, 0.5) is 0 Å². The molecule has 0 aliphatic carbocycles. The predicted molar refractivity (Wildman–Crippen MR) is 372 cm³/mol. The van der Waals surface area contributed by atoms with Crippen LogP contribution in [-0.2, 0) is 65.4 Å². The number of allylic oxidation sites excluding steroid dienone is 4. The second-order valence-electron chi connectivity index (χ2n) is 26.8. The van der Waals surface area contributed by atoms with E-state index in [0.717, 1.165) is 121 Å². The SMILES string of the molecule is CCCCCC/C=C\C=C/CCCCCCCC(=O)OC[C@H](COP(=O)(O)OCC(O)COP(=O)(O)OC[C@@H](COC(=O)CCCCCCCCCC(C)C)OC(=O)CCCCCCCCC(C)C)OC(=O)CCCCCCCCCCCCCCCCC(C)CC. The molecule has 0 radical (unpaired) electrons. The van der Waals surface area contributed by atoms with Gasteiger partial charge in [-0.15, -0.1) is 0 Å². The van der Waals surface area contributed by atoms with Crippen molar-refractivity contribution in [1.82, 2.24) is 0 Å². The first-order valence-electron chi connectivity index (χ1n) is 37.2. The maximum absolute atomic E-state index is 13.0. The van der Waals surface area contributed by atoms with E-state index in [4.69, 9.17) is 37.0 Å². The highest BCUT2D eigenvalue weighted by atomic mass is 31.2. The van der Waals surface area contributed by atoms with E-state index in [9.17, 15) is 43.2 Å². The molecule has 0 aliphatic heterocycles. The zero-order valence-electron chi connectivity index (χ0n) is 59.5. The molecule has 6 atom stereocenters. The van der Waals surface area contributed by atoms with E-state index in [1.165, 1.54) is 128 Å². The minimum atomic E-state index is -4.96. The summed E-state index contributed by atoms with van der Waals surface area (Å²) in [5, 5.41) is 10.6. The molecule has 0 aromatic rings. The first-order chi connectivity index (χ1) is 44.3. The Bertz CT molecular complexity index is 1900. The molecule has 0 amide bonds. The molecule has 0 heterocycles. The van der Waals surface area contributed by atoms with Gasteiger partial charge in [0.15, 0.2) is 12.2 Å². The number of aliphatic hydroxyl groups excluding tert-OH is 1. The van der Waals surface area contributed by atoms with Crippen molar-refractivity contribution in [3.8, 4) is 0 Å². The molecule has 0 rings (SSSR count). The minimum absolute atomic E-state index is 0.0988. The van der Waals surface area contributed by atoms with Crippen molar-refractivity contribution in [2.75, 3.05) is 39.6 Å². The summed E-state index contributed by atoms with van der Waals surface area (Å²) in [6.45, 7) is 11.7. The van der Waals surface area contributed by atoms with E-state index in [2.05, 4.69) is 72.8 Å². The lowest BCUT2D eigenvalue weighted by molar-refractivity contribution is -0.161. The van der Waals surface area contributed by atoms with Crippen molar-refractivity contribution < 1.29 is 80.2 Å². The quantitative estimate of drug-likeness (QED) is 0.0169. The summed E-state index contributed by atoms with van der Waals surface area (Å²) < 4.78 is 68.3. The van der Waals surface area contributed by atoms with E-state index in [-0.39, 0.29) is 25.7 Å². The van der Waals surface area contributed by atoms with Gasteiger partial charge in [-0.3, -0.25) is 37.3 Å². The highest BCUT2D eigenvalue weighted by molar-refractivity contribution is 7.47. The first kappa shape index (κ1) is 89.5. The van der Waals surface area contributed by atoms with Gasteiger partial charge in [-0.25, -0.2) is 9.13 Å². The van der Waals surface area contributed by atoms with Crippen molar-refractivity contribution in [2.24, 2.45) is 17.8 Å². The van der Waals surface area contributed by atoms with Crippen molar-refractivity contribution in [2.45, 2.75) is 362 Å². The lowest BCUT2D eigenvalue weighted by Gasteiger charge is -2.21. The number of ether oxygens (including phenoxy) is 4. The molecule has 0 aromatic heterocycles. The molecule has 19 heteroatoms. The fourth-order valence-corrected chi connectivity index (χ4v) is 12.1. The van der Waals surface area contributed by atoms with Gasteiger partial charge >= 0.3 is 39.5 Å². The van der Waals surface area contributed by atoms with Gasteiger partial charge in [0.2, 0.25) is 0 Å². The smallest absolute Gasteiger partial charge is 0.462 e. The lowest BCUT2D eigenvalue weighted by Crippen LogP contribution is -2.30. The molecule has 0 aromatic carbocycles. The third-order valence-corrected chi connectivity index (χ3v) is 18.5. The average Bonchev–Trinajstić information content (AvgIpc) is 1.70. The molecular formula is C73H138O17P2. The molecule has 0 saturated heterocycles. The summed E-state index contributed by atoms with van der Waals surface area (Å²) in [6.07, 6.45) is 51.0. The number of unbranched alkanes of at least 4 members (excludes halogenated alkanes) is 33. The maximum atomic E-state index is 13.0. The molecule has 0 bridgehead atoms. The van der Waals surface area contributed by atoms with Gasteiger partial charge in [-0.05, 0) is 69.1 Å². The Kier molecular flexibility index (Phi) is 61.6. The van der Waals surface area contributed by atoms with Crippen molar-refractivity contribution in [3.63, 3.8) is 0 Å². The maximum Gasteiger partial charge on any atom is 0.472 e. The summed E-state index contributed by atoms with van der Waals surface area (Å²) >= 11 is 0. The van der Waals surface area contributed by atoms with Gasteiger partial charge in [0.1, 0.15) is 19.3 Å². The fraction of sp³-hybridized carbons (Fsp3) is 0.890. The van der Waals surface area contributed by atoms with Crippen LogP contribution in [0.25, 0.3) is 0 Å². The number of carbonyl (C=O) groups is 4. The number of aliphatic hydroxyl groups is 1. The highest BCUT2D eigenvalue weighted by Gasteiger charge is 2.30. The van der Waals surface area contributed by atoms with E-state index in [1.807, 2.05) is 0 Å². The van der Waals surface area contributed by atoms with Crippen LogP contribution in [0.1, 0.15) is 344 Å². The van der Waals surface area contributed by atoms with Crippen LogP contribution < -0.4 is 0 Å². The third-order valence-electron chi connectivity index (χ3n) is 16.6. The first-order valence-corrected chi connectivity index (χ1v) is 40.2. The number of rotatable bonds is 69. The number of carbonyl (C=O) groups excluding carboxylic acids is 4. The number of phosphoric ester groups is 2. The van der Waals surface area contributed by atoms with Crippen LogP contribution >= 0.6 is 15.6 Å². The topological polar surface area (TPSA) is 237 Å². The van der Waals surface area contributed by atoms with Gasteiger partial charge in [0.05, 0.1) is 26.4 Å². The van der Waals surface area contributed by atoms with Gasteiger partial charge in [0.25, 0.3) is 0 Å². The van der Waals surface area contributed by atoms with Gasteiger partial charge < -0.3 is 33.8 Å². The minimum Gasteiger partial charge on any atom is -0.462 e. The van der Waals surface area contributed by atoms with E-state index >= 15 is 0 Å². The Morgan fingerprint density at radius 2 is 0.641 bits per heavy atom. The Morgan fingerprint density at radius 3 is 0.967 bits per heavy atom. The van der Waals surface area contributed by atoms with Crippen molar-refractivity contribution in [1.29, 1.82) is 0 Å². The van der Waals surface area contributed by atoms with Crippen LogP contribution in [0.15, 0.2) is 24.3 Å².